The normalized spacial score (nSPS) is 20.1. The summed E-state index contributed by atoms with van der Waals surface area (Å²) in [5, 5.41) is 23.0. The highest BCUT2D eigenvalue weighted by Gasteiger charge is 2.32. The summed E-state index contributed by atoms with van der Waals surface area (Å²) in [7, 11) is 1.85. The van der Waals surface area contributed by atoms with Crippen LogP contribution in [0.3, 0.4) is 0 Å². The highest BCUT2D eigenvalue weighted by molar-refractivity contribution is 6.30. The van der Waals surface area contributed by atoms with Crippen LogP contribution in [-0.2, 0) is 7.05 Å². The first-order chi connectivity index (χ1) is 10.1. The third-order valence-corrected chi connectivity index (χ3v) is 4.58. The van der Waals surface area contributed by atoms with Crippen LogP contribution in [0, 0.1) is 35.5 Å². The van der Waals surface area contributed by atoms with Gasteiger partial charge in [-0.2, -0.15) is 15.6 Å². The summed E-state index contributed by atoms with van der Waals surface area (Å²) in [6.07, 6.45) is 3.22. The van der Waals surface area contributed by atoms with Crippen LogP contribution in [-0.4, -0.2) is 27.8 Å². The molecule has 0 radical (unpaired) electrons. The summed E-state index contributed by atoms with van der Waals surface area (Å²) in [5.41, 5.74) is 2.05. The van der Waals surface area contributed by atoms with Gasteiger partial charge in [0.2, 0.25) is 0 Å². The van der Waals surface area contributed by atoms with Gasteiger partial charge in [0.1, 0.15) is 5.15 Å². The van der Waals surface area contributed by atoms with Crippen LogP contribution >= 0.6 is 11.6 Å². The molecular weight excluding hydrogens is 286 g/mol. The van der Waals surface area contributed by atoms with E-state index in [2.05, 4.69) is 22.1 Å². The fourth-order valence-corrected chi connectivity index (χ4v) is 3.42. The molecule has 2 heterocycles. The second-order valence-electron chi connectivity index (χ2n) is 5.59. The molecule has 0 saturated carbocycles. The molecular formula is C15H20ClN5. The van der Waals surface area contributed by atoms with Crippen molar-refractivity contribution < 1.29 is 0 Å². The Hall–Kier alpha value is -1.56. The lowest BCUT2D eigenvalue weighted by molar-refractivity contribution is 0.230. The van der Waals surface area contributed by atoms with Gasteiger partial charge in [-0.05, 0) is 32.7 Å². The quantitative estimate of drug-likeness (QED) is 0.838. The summed E-state index contributed by atoms with van der Waals surface area (Å²) in [5.74, 6) is -0.0963. The Bertz CT molecular complexity index is 580. The number of rotatable bonds is 5. The van der Waals surface area contributed by atoms with Crippen LogP contribution < -0.4 is 0 Å². The predicted octanol–water partition coefficient (Wildman–Crippen LogP) is 2.96. The number of nitriles is 2. The van der Waals surface area contributed by atoms with Crippen LogP contribution in [0.1, 0.15) is 43.0 Å². The number of hydrogen-bond donors (Lipinski definition) is 0. The Kier molecular flexibility index (Phi) is 5.22. The standard InChI is InChI=1S/C15H20ClN5/c1-11-14(15(16)20(2)19-11)13-6-4-8-21(13)10-12(9-18)5-3-7-17/h12-13H,3-6,8,10H2,1-2H3/t12-,13-/m1/s1. The minimum absolute atomic E-state index is 0.0963. The first-order valence-electron chi connectivity index (χ1n) is 7.28. The second kappa shape index (κ2) is 6.93. The molecule has 2 rings (SSSR count). The number of aromatic nitrogens is 2. The lowest BCUT2D eigenvalue weighted by atomic mass is 10.0. The van der Waals surface area contributed by atoms with Gasteiger partial charge >= 0.3 is 0 Å². The van der Waals surface area contributed by atoms with Gasteiger partial charge in [-0.25, -0.2) is 0 Å². The molecule has 1 aliphatic rings. The molecule has 21 heavy (non-hydrogen) atoms. The monoisotopic (exact) mass is 305 g/mol. The SMILES string of the molecule is Cc1nn(C)c(Cl)c1[C@H]1CCCN1C[C@@H](C#N)CCC#N. The van der Waals surface area contributed by atoms with E-state index in [4.69, 9.17) is 16.9 Å². The van der Waals surface area contributed by atoms with Crippen LogP contribution in [0.4, 0.5) is 0 Å². The first-order valence-corrected chi connectivity index (χ1v) is 7.65. The smallest absolute Gasteiger partial charge is 0.131 e. The van der Waals surface area contributed by atoms with Gasteiger partial charge in [0, 0.05) is 31.6 Å². The maximum atomic E-state index is 9.25. The Morgan fingerprint density at radius 1 is 1.48 bits per heavy atom. The zero-order valence-electron chi connectivity index (χ0n) is 12.5. The summed E-state index contributed by atoms with van der Waals surface area (Å²) >= 11 is 6.38. The molecule has 1 fully saturated rings. The van der Waals surface area contributed by atoms with E-state index in [-0.39, 0.29) is 12.0 Å². The molecule has 0 aromatic carbocycles. The molecule has 0 spiro atoms. The molecule has 0 amide bonds. The molecule has 6 heteroatoms. The maximum Gasteiger partial charge on any atom is 0.131 e. The van der Waals surface area contributed by atoms with Crippen molar-refractivity contribution in [1.29, 1.82) is 10.5 Å². The number of likely N-dealkylation sites (tertiary alicyclic amines) is 1. The highest BCUT2D eigenvalue weighted by Crippen LogP contribution is 2.37. The Morgan fingerprint density at radius 2 is 2.24 bits per heavy atom. The Labute approximate surface area is 130 Å². The summed E-state index contributed by atoms with van der Waals surface area (Å²) < 4.78 is 1.71. The highest BCUT2D eigenvalue weighted by atomic mass is 35.5. The summed E-state index contributed by atoms with van der Waals surface area (Å²) in [4.78, 5) is 2.32. The fourth-order valence-electron chi connectivity index (χ4n) is 3.12. The molecule has 0 bridgehead atoms. The van der Waals surface area contributed by atoms with Crippen molar-refractivity contribution in [1.82, 2.24) is 14.7 Å². The lowest BCUT2D eigenvalue weighted by Crippen LogP contribution is -2.29. The summed E-state index contributed by atoms with van der Waals surface area (Å²) in [6, 6.07) is 4.68. The van der Waals surface area contributed by atoms with Gasteiger partial charge in [0.25, 0.3) is 0 Å². The Balaban J connectivity index is 2.14. The van der Waals surface area contributed by atoms with Crippen molar-refractivity contribution in [3.8, 4) is 12.1 Å². The van der Waals surface area contributed by atoms with Crippen molar-refractivity contribution in [2.75, 3.05) is 13.1 Å². The predicted molar refractivity (Wildman–Crippen MR) is 80.5 cm³/mol. The molecule has 1 aromatic rings. The van der Waals surface area contributed by atoms with Crippen LogP contribution in [0.15, 0.2) is 0 Å². The van der Waals surface area contributed by atoms with Gasteiger partial charge in [-0.15, -0.1) is 0 Å². The summed E-state index contributed by atoms with van der Waals surface area (Å²) in [6.45, 7) is 3.66. The maximum absolute atomic E-state index is 9.25. The van der Waals surface area contributed by atoms with E-state index in [0.29, 0.717) is 24.5 Å². The van der Waals surface area contributed by atoms with E-state index < -0.39 is 0 Å². The van der Waals surface area contributed by atoms with E-state index in [9.17, 15) is 5.26 Å². The van der Waals surface area contributed by atoms with E-state index >= 15 is 0 Å². The van der Waals surface area contributed by atoms with Crippen LogP contribution in [0.25, 0.3) is 0 Å². The third kappa shape index (κ3) is 3.37. The molecule has 1 aromatic heterocycles. The van der Waals surface area contributed by atoms with Gasteiger partial charge < -0.3 is 0 Å². The van der Waals surface area contributed by atoms with Crippen molar-refractivity contribution in [2.24, 2.45) is 13.0 Å². The number of nitrogens with zero attached hydrogens (tertiary/aromatic N) is 5. The van der Waals surface area contributed by atoms with Crippen molar-refractivity contribution in [3.63, 3.8) is 0 Å². The second-order valence-corrected chi connectivity index (χ2v) is 5.95. The molecule has 2 atom stereocenters. The average molecular weight is 306 g/mol. The minimum Gasteiger partial charge on any atom is -0.295 e. The molecule has 5 nitrogen and oxygen atoms in total. The number of hydrogen-bond acceptors (Lipinski definition) is 4. The van der Waals surface area contributed by atoms with Crippen molar-refractivity contribution in [3.05, 3.63) is 16.4 Å². The molecule has 0 N–H and O–H groups in total. The third-order valence-electron chi connectivity index (χ3n) is 4.14. The van der Waals surface area contributed by atoms with Gasteiger partial charge in [0.05, 0.1) is 23.8 Å². The van der Waals surface area contributed by atoms with Gasteiger partial charge in [0.15, 0.2) is 0 Å². The van der Waals surface area contributed by atoms with E-state index in [1.165, 1.54) is 0 Å². The topological polar surface area (TPSA) is 68.6 Å². The van der Waals surface area contributed by atoms with Crippen LogP contribution in [0.5, 0.6) is 0 Å². The number of halogens is 1. The van der Waals surface area contributed by atoms with Crippen LogP contribution in [0.2, 0.25) is 5.15 Å². The average Bonchev–Trinajstić information content (AvgIpc) is 3.00. The van der Waals surface area contributed by atoms with Gasteiger partial charge in [-0.3, -0.25) is 9.58 Å². The van der Waals surface area contributed by atoms with E-state index in [1.807, 2.05) is 14.0 Å². The lowest BCUT2D eigenvalue weighted by Gasteiger charge is -2.26. The molecule has 0 aliphatic carbocycles. The molecule has 112 valence electrons. The zero-order valence-corrected chi connectivity index (χ0v) is 13.3. The number of aryl methyl sites for hydroxylation is 2. The largest absolute Gasteiger partial charge is 0.295 e. The van der Waals surface area contributed by atoms with Crippen molar-refractivity contribution in [2.45, 2.75) is 38.6 Å². The molecule has 0 unspecified atom stereocenters. The first kappa shape index (κ1) is 15.8. The van der Waals surface area contributed by atoms with E-state index in [1.54, 1.807) is 4.68 Å². The molecule has 1 aliphatic heterocycles. The Morgan fingerprint density at radius 3 is 2.81 bits per heavy atom. The van der Waals surface area contributed by atoms with Crippen molar-refractivity contribution >= 4 is 11.6 Å². The zero-order chi connectivity index (χ0) is 15.4. The van der Waals surface area contributed by atoms with Gasteiger partial charge in [-0.1, -0.05) is 11.6 Å². The van der Waals surface area contributed by atoms with E-state index in [0.717, 1.165) is 30.6 Å². The fraction of sp³-hybridized carbons (Fsp3) is 0.667. The minimum atomic E-state index is -0.0963. The molecule has 1 saturated heterocycles.